The van der Waals surface area contributed by atoms with Crippen molar-refractivity contribution in [1.82, 2.24) is 10.3 Å². The minimum Gasteiger partial charge on any atom is -0.474 e. The van der Waals surface area contributed by atoms with Crippen molar-refractivity contribution in [2.45, 2.75) is 64.9 Å². The van der Waals surface area contributed by atoms with Crippen molar-refractivity contribution < 1.29 is 13.9 Å². The minimum absolute atomic E-state index is 0.0756. The van der Waals surface area contributed by atoms with Crippen LogP contribution in [0.25, 0.3) is 0 Å². The first-order valence-corrected chi connectivity index (χ1v) is 7.75. The molecule has 0 aromatic carbocycles. The predicted octanol–water partition coefficient (Wildman–Crippen LogP) is 3.06. The van der Waals surface area contributed by atoms with Crippen LogP contribution in [0.2, 0.25) is 0 Å². The summed E-state index contributed by atoms with van der Waals surface area (Å²) in [6, 6.07) is 1.50. The monoisotopic (exact) mass is 296 g/mol. The van der Waals surface area contributed by atoms with Gasteiger partial charge in [0.1, 0.15) is 11.9 Å². The Morgan fingerprint density at radius 1 is 1.38 bits per heavy atom. The highest BCUT2D eigenvalue weighted by Crippen LogP contribution is 2.25. The number of rotatable bonds is 6. The van der Waals surface area contributed by atoms with E-state index in [-0.39, 0.29) is 24.1 Å². The SMILES string of the molecule is CCCNCc1cc(F)cnc1OC1CC(C)OC(C)C1. The number of ether oxygens (including phenoxy) is 2. The molecule has 4 nitrogen and oxygen atoms in total. The average molecular weight is 296 g/mol. The van der Waals surface area contributed by atoms with E-state index in [9.17, 15) is 4.39 Å². The van der Waals surface area contributed by atoms with Gasteiger partial charge in [-0.1, -0.05) is 6.92 Å². The summed E-state index contributed by atoms with van der Waals surface area (Å²) < 4.78 is 25.1. The van der Waals surface area contributed by atoms with E-state index in [1.807, 2.05) is 13.8 Å². The van der Waals surface area contributed by atoms with Crippen LogP contribution >= 0.6 is 0 Å². The molecule has 21 heavy (non-hydrogen) atoms. The van der Waals surface area contributed by atoms with Crippen LogP contribution in [0.5, 0.6) is 5.88 Å². The van der Waals surface area contributed by atoms with Gasteiger partial charge in [-0.3, -0.25) is 0 Å². The van der Waals surface area contributed by atoms with Crippen LogP contribution < -0.4 is 10.1 Å². The van der Waals surface area contributed by atoms with Crippen LogP contribution in [0.3, 0.4) is 0 Å². The summed E-state index contributed by atoms with van der Waals surface area (Å²) in [6.45, 7) is 7.66. The van der Waals surface area contributed by atoms with Crippen molar-refractivity contribution in [3.63, 3.8) is 0 Å². The molecule has 5 heteroatoms. The van der Waals surface area contributed by atoms with E-state index in [0.717, 1.165) is 31.4 Å². The van der Waals surface area contributed by atoms with Crippen LogP contribution in [0.4, 0.5) is 4.39 Å². The summed E-state index contributed by atoms with van der Waals surface area (Å²) in [5.74, 6) is 0.204. The fourth-order valence-corrected chi connectivity index (χ4v) is 2.70. The van der Waals surface area contributed by atoms with Gasteiger partial charge >= 0.3 is 0 Å². The second-order valence-electron chi connectivity index (χ2n) is 5.76. The Balaban J connectivity index is 2.04. The van der Waals surface area contributed by atoms with Crippen molar-refractivity contribution in [3.05, 3.63) is 23.6 Å². The Hall–Kier alpha value is -1.20. The van der Waals surface area contributed by atoms with E-state index < -0.39 is 0 Å². The van der Waals surface area contributed by atoms with E-state index in [2.05, 4.69) is 17.2 Å². The smallest absolute Gasteiger partial charge is 0.218 e. The Morgan fingerprint density at radius 3 is 2.76 bits per heavy atom. The molecule has 0 bridgehead atoms. The molecule has 2 rings (SSSR count). The van der Waals surface area contributed by atoms with Crippen LogP contribution in [-0.4, -0.2) is 29.8 Å². The zero-order valence-corrected chi connectivity index (χ0v) is 13.1. The zero-order chi connectivity index (χ0) is 15.2. The zero-order valence-electron chi connectivity index (χ0n) is 13.1. The number of halogens is 1. The van der Waals surface area contributed by atoms with Gasteiger partial charge in [-0.2, -0.15) is 0 Å². The van der Waals surface area contributed by atoms with E-state index in [1.54, 1.807) is 0 Å². The van der Waals surface area contributed by atoms with Gasteiger partial charge in [0.2, 0.25) is 5.88 Å². The predicted molar refractivity (Wildman–Crippen MR) is 79.9 cm³/mol. The number of hydrogen-bond acceptors (Lipinski definition) is 4. The fraction of sp³-hybridized carbons (Fsp3) is 0.688. The lowest BCUT2D eigenvalue weighted by atomic mass is 10.0. The summed E-state index contributed by atoms with van der Waals surface area (Å²) in [5.41, 5.74) is 0.773. The van der Waals surface area contributed by atoms with Gasteiger partial charge in [-0.15, -0.1) is 0 Å². The fourth-order valence-electron chi connectivity index (χ4n) is 2.70. The summed E-state index contributed by atoms with van der Waals surface area (Å²) in [5, 5.41) is 3.26. The van der Waals surface area contributed by atoms with Gasteiger partial charge in [0.05, 0.1) is 18.4 Å². The van der Waals surface area contributed by atoms with Crippen LogP contribution in [0.1, 0.15) is 45.6 Å². The molecule has 118 valence electrons. The number of nitrogens with one attached hydrogen (secondary N) is 1. The largest absolute Gasteiger partial charge is 0.474 e. The molecule has 1 aliphatic heterocycles. The minimum atomic E-state index is -0.329. The van der Waals surface area contributed by atoms with Gasteiger partial charge in [0.15, 0.2) is 0 Å². The highest BCUT2D eigenvalue weighted by Gasteiger charge is 2.26. The van der Waals surface area contributed by atoms with E-state index in [4.69, 9.17) is 9.47 Å². The Labute approximate surface area is 126 Å². The molecule has 1 aliphatic rings. The maximum absolute atomic E-state index is 13.4. The summed E-state index contributed by atoms with van der Waals surface area (Å²) in [6.07, 6.45) is 4.36. The average Bonchev–Trinajstić information content (AvgIpc) is 2.41. The Bertz CT molecular complexity index is 446. The molecule has 2 heterocycles. The molecular weight excluding hydrogens is 271 g/mol. The second-order valence-corrected chi connectivity index (χ2v) is 5.76. The standard InChI is InChI=1S/C16H25FN2O2/c1-4-5-18-9-13-8-14(17)10-19-16(13)21-15-6-11(2)20-12(3)7-15/h8,10-12,15,18H,4-7,9H2,1-3H3. The quantitative estimate of drug-likeness (QED) is 0.819. The highest BCUT2D eigenvalue weighted by atomic mass is 19.1. The molecule has 1 N–H and O–H groups in total. The lowest BCUT2D eigenvalue weighted by Gasteiger charge is -2.32. The van der Waals surface area contributed by atoms with E-state index >= 15 is 0 Å². The molecule has 1 aromatic rings. The lowest BCUT2D eigenvalue weighted by Crippen LogP contribution is -2.36. The topological polar surface area (TPSA) is 43.4 Å². The highest BCUT2D eigenvalue weighted by molar-refractivity contribution is 5.26. The van der Waals surface area contributed by atoms with Crippen molar-refractivity contribution >= 4 is 0 Å². The van der Waals surface area contributed by atoms with E-state index in [0.29, 0.717) is 12.4 Å². The first-order valence-electron chi connectivity index (χ1n) is 7.75. The summed E-state index contributed by atoms with van der Waals surface area (Å²) in [4.78, 5) is 4.12. The van der Waals surface area contributed by atoms with Crippen molar-refractivity contribution in [2.75, 3.05) is 6.54 Å². The Kier molecular flexibility index (Phi) is 5.94. The van der Waals surface area contributed by atoms with Crippen LogP contribution in [0, 0.1) is 5.82 Å². The second kappa shape index (κ2) is 7.71. The molecular formula is C16H25FN2O2. The molecule has 0 amide bonds. The number of aromatic nitrogens is 1. The third-order valence-corrected chi connectivity index (χ3v) is 3.57. The third-order valence-electron chi connectivity index (χ3n) is 3.57. The molecule has 0 radical (unpaired) electrons. The molecule has 1 saturated heterocycles. The first kappa shape index (κ1) is 16.2. The molecule has 1 aromatic heterocycles. The van der Waals surface area contributed by atoms with Crippen molar-refractivity contribution in [1.29, 1.82) is 0 Å². The number of nitrogens with zero attached hydrogens (tertiary/aromatic N) is 1. The summed E-state index contributed by atoms with van der Waals surface area (Å²) >= 11 is 0. The normalized spacial score (nSPS) is 25.8. The third kappa shape index (κ3) is 4.93. The maximum Gasteiger partial charge on any atom is 0.218 e. The van der Waals surface area contributed by atoms with Crippen LogP contribution in [-0.2, 0) is 11.3 Å². The summed E-state index contributed by atoms with van der Waals surface area (Å²) in [7, 11) is 0. The van der Waals surface area contributed by atoms with E-state index in [1.165, 1.54) is 12.3 Å². The van der Waals surface area contributed by atoms with Crippen molar-refractivity contribution in [3.8, 4) is 5.88 Å². The number of hydrogen-bond donors (Lipinski definition) is 1. The van der Waals surface area contributed by atoms with Gasteiger partial charge in [0.25, 0.3) is 0 Å². The molecule has 0 saturated carbocycles. The van der Waals surface area contributed by atoms with Gasteiger partial charge in [-0.05, 0) is 32.9 Å². The molecule has 2 atom stereocenters. The number of pyridine rings is 1. The molecule has 0 spiro atoms. The van der Waals surface area contributed by atoms with Gasteiger partial charge in [-0.25, -0.2) is 9.37 Å². The van der Waals surface area contributed by atoms with Crippen molar-refractivity contribution in [2.24, 2.45) is 0 Å². The lowest BCUT2D eigenvalue weighted by molar-refractivity contribution is -0.0731. The molecule has 2 unspecified atom stereocenters. The van der Waals surface area contributed by atoms with Gasteiger partial charge < -0.3 is 14.8 Å². The molecule has 0 aliphatic carbocycles. The maximum atomic E-state index is 13.4. The van der Waals surface area contributed by atoms with Gasteiger partial charge in [0, 0.05) is 24.9 Å². The Morgan fingerprint density at radius 2 is 2.10 bits per heavy atom. The van der Waals surface area contributed by atoms with Crippen LogP contribution in [0.15, 0.2) is 12.3 Å². The molecule has 1 fully saturated rings. The first-order chi connectivity index (χ1) is 10.1.